The highest BCUT2D eigenvalue weighted by atomic mass is 16.5. The number of carbonyl (C=O) groups is 2. The van der Waals surface area contributed by atoms with Gasteiger partial charge in [-0.05, 0) is 25.0 Å². The zero-order valence-corrected chi connectivity index (χ0v) is 14.9. The number of nitrogens with zero attached hydrogens (tertiary/aromatic N) is 4. The Bertz CT molecular complexity index is 740. The summed E-state index contributed by atoms with van der Waals surface area (Å²) in [5.74, 6) is 0.521. The molecular formula is C18H23N5O3. The van der Waals surface area contributed by atoms with Crippen molar-refractivity contribution in [3.63, 3.8) is 0 Å². The van der Waals surface area contributed by atoms with Crippen molar-refractivity contribution in [2.45, 2.75) is 51.1 Å². The highest BCUT2D eigenvalue weighted by Gasteiger charge is 2.19. The minimum atomic E-state index is -0.135. The van der Waals surface area contributed by atoms with Gasteiger partial charge in [-0.2, -0.15) is 4.98 Å². The minimum Gasteiger partial charge on any atom is -0.353 e. The predicted octanol–water partition coefficient (Wildman–Crippen LogP) is 1.93. The summed E-state index contributed by atoms with van der Waals surface area (Å²) in [6.07, 6.45) is 6.41. The van der Waals surface area contributed by atoms with Crippen LogP contribution in [0.4, 0.5) is 0 Å². The number of aromatic nitrogens is 3. The maximum Gasteiger partial charge on any atom is 0.246 e. The number of nitrogens with one attached hydrogen (secondary N) is 1. The van der Waals surface area contributed by atoms with E-state index in [0.29, 0.717) is 17.4 Å². The third-order valence-electron chi connectivity index (χ3n) is 4.45. The monoisotopic (exact) mass is 357 g/mol. The molecule has 0 saturated heterocycles. The molecule has 1 fully saturated rings. The van der Waals surface area contributed by atoms with Crippen molar-refractivity contribution in [2.24, 2.45) is 0 Å². The van der Waals surface area contributed by atoms with Crippen LogP contribution in [-0.2, 0) is 16.1 Å². The third kappa shape index (κ3) is 4.87. The van der Waals surface area contributed by atoms with Crippen LogP contribution in [0.15, 0.2) is 28.9 Å². The summed E-state index contributed by atoms with van der Waals surface area (Å²) in [5.41, 5.74) is 0.611. The van der Waals surface area contributed by atoms with Crippen LogP contribution in [0.5, 0.6) is 0 Å². The lowest BCUT2D eigenvalue weighted by molar-refractivity contribution is -0.133. The largest absolute Gasteiger partial charge is 0.353 e. The summed E-state index contributed by atoms with van der Waals surface area (Å²) in [4.78, 5) is 34.0. The van der Waals surface area contributed by atoms with Crippen molar-refractivity contribution in [2.75, 3.05) is 7.05 Å². The molecule has 0 atom stereocenters. The molecule has 2 aromatic rings. The zero-order valence-electron chi connectivity index (χ0n) is 14.9. The number of pyridine rings is 1. The maximum absolute atomic E-state index is 12.2. The molecule has 0 radical (unpaired) electrons. The SMILES string of the molecule is CN(Cc1nc(-c2ccccn2)no1)C(=O)CCC(=O)NC1CCCC1. The number of hydrogen-bond acceptors (Lipinski definition) is 6. The van der Waals surface area contributed by atoms with Crippen molar-refractivity contribution in [3.8, 4) is 11.5 Å². The van der Waals surface area contributed by atoms with Crippen LogP contribution < -0.4 is 5.32 Å². The van der Waals surface area contributed by atoms with Gasteiger partial charge < -0.3 is 14.7 Å². The molecule has 1 saturated carbocycles. The molecule has 2 aromatic heterocycles. The van der Waals surface area contributed by atoms with Gasteiger partial charge in [0.05, 0.1) is 6.54 Å². The first-order chi connectivity index (χ1) is 12.6. The van der Waals surface area contributed by atoms with Crippen molar-refractivity contribution in [1.29, 1.82) is 0 Å². The topological polar surface area (TPSA) is 101 Å². The standard InChI is InChI=1S/C18H23N5O3/c1-23(17(25)10-9-15(24)20-13-6-2-3-7-13)12-16-21-18(22-26-16)14-8-4-5-11-19-14/h4-5,8,11,13H,2-3,6-7,9-10,12H2,1H3,(H,20,24). The van der Waals surface area contributed by atoms with Gasteiger partial charge in [0.15, 0.2) is 0 Å². The van der Waals surface area contributed by atoms with Crippen LogP contribution in [0.1, 0.15) is 44.4 Å². The minimum absolute atomic E-state index is 0.0612. The van der Waals surface area contributed by atoms with Gasteiger partial charge in [0.25, 0.3) is 0 Å². The molecule has 2 heterocycles. The van der Waals surface area contributed by atoms with E-state index in [4.69, 9.17) is 4.52 Å². The second-order valence-electron chi connectivity index (χ2n) is 6.53. The third-order valence-corrected chi connectivity index (χ3v) is 4.45. The van der Waals surface area contributed by atoms with Crippen molar-refractivity contribution in [3.05, 3.63) is 30.3 Å². The van der Waals surface area contributed by atoms with Gasteiger partial charge in [-0.1, -0.05) is 24.1 Å². The number of amides is 2. The molecule has 0 bridgehead atoms. The van der Waals surface area contributed by atoms with Crippen LogP contribution in [0.25, 0.3) is 11.5 Å². The summed E-state index contributed by atoms with van der Waals surface area (Å²) < 4.78 is 5.18. The molecule has 0 aliphatic heterocycles. The van der Waals surface area contributed by atoms with E-state index in [-0.39, 0.29) is 37.2 Å². The van der Waals surface area contributed by atoms with Crippen LogP contribution in [-0.4, -0.2) is 44.9 Å². The van der Waals surface area contributed by atoms with Gasteiger partial charge in [0, 0.05) is 32.1 Å². The molecule has 26 heavy (non-hydrogen) atoms. The molecule has 0 spiro atoms. The number of hydrogen-bond donors (Lipinski definition) is 1. The Labute approximate surface area is 152 Å². The van der Waals surface area contributed by atoms with E-state index in [1.165, 1.54) is 4.90 Å². The van der Waals surface area contributed by atoms with E-state index < -0.39 is 0 Å². The summed E-state index contributed by atoms with van der Waals surface area (Å²) >= 11 is 0. The first kappa shape index (κ1) is 18.0. The molecule has 8 heteroatoms. The van der Waals surface area contributed by atoms with Gasteiger partial charge in [0.2, 0.25) is 23.5 Å². The second-order valence-corrected chi connectivity index (χ2v) is 6.53. The fourth-order valence-electron chi connectivity index (χ4n) is 2.99. The average Bonchev–Trinajstić information content (AvgIpc) is 3.32. The van der Waals surface area contributed by atoms with Gasteiger partial charge >= 0.3 is 0 Å². The Balaban J connectivity index is 1.45. The number of rotatable bonds is 7. The van der Waals surface area contributed by atoms with Gasteiger partial charge in [0.1, 0.15) is 5.69 Å². The molecule has 1 aliphatic carbocycles. The summed E-state index contributed by atoms with van der Waals surface area (Å²) in [7, 11) is 1.65. The summed E-state index contributed by atoms with van der Waals surface area (Å²) in [6.45, 7) is 0.197. The Morgan fingerprint density at radius 1 is 1.27 bits per heavy atom. The molecule has 2 amide bonds. The van der Waals surface area contributed by atoms with Crippen molar-refractivity contribution >= 4 is 11.8 Å². The zero-order chi connectivity index (χ0) is 18.4. The van der Waals surface area contributed by atoms with Gasteiger partial charge in [-0.25, -0.2) is 0 Å². The predicted molar refractivity (Wildman–Crippen MR) is 93.6 cm³/mol. The Morgan fingerprint density at radius 3 is 2.81 bits per heavy atom. The molecule has 138 valence electrons. The van der Waals surface area contributed by atoms with Crippen LogP contribution >= 0.6 is 0 Å². The molecule has 8 nitrogen and oxygen atoms in total. The van der Waals surface area contributed by atoms with E-state index in [2.05, 4.69) is 20.4 Å². The lowest BCUT2D eigenvalue weighted by atomic mass is 10.2. The summed E-state index contributed by atoms with van der Waals surface area (Å²) in [5, 5.41) is 6.87. The quantitative estimate of drug-likeness (QED) is 0.812. The van der Waals surface area contributed by atoms with Gasteiger partial charge in [-0.3, -0.25) is 14.6 Å². The highest BCUT2D eigenvalue weighted by Crippen LogP contribution is 2.18. The highest BCUT2D eigenvalue weighted by molar-refractivity contribution is 5.83. The molecular weight excluding hydrogens is 334 g/mol. The fraction of sp³-hybridized carbons (Fsp3) is 0.500. The lowest BCUT2D eigenvalue weighted by Gasteiger charge is -2.15. The first-order valence-corrected chi connectivity index (χ1v) is 8.89. The smallest absolute Gasteiger partial charge is 0.246 e. The van der Waals surface area contributed by atoms with Crippen LogP contribution in [0.2, 0.25) is 0 Å². The van der Waals surface area contributed by atoms with Crippen molar-refractivity contribution < 1.29 is 14.1 Å². The molecule has 0 aromatic carbocycles. The van der Waals surface area contributed by atoms with E-state index in [0.717, 1.165) is 25.7 Å². The Morgan fingerprint density at radius 2 is 2.08 bits per heavy atom. The number of carbonyl (C=O) groups excluding carboxylic acids is 2. The van der Waals surface area contributed by atoms with E-state index in [1.54, 1.807) is 25.4 Å². The maximum atomic E-state index is 12.2. The molecule has 1 N–H and O–H groups in total. The fourth-order valence-corrected chi connectivity index (χ4v) is 2.99. The first-order valence-electron chi connectivity index (χ1n) is 8.89. The normalized spacial score (nSPS) is 14.3. The second kappa shape index (κ2) is 8.55. The summed E-state index contributed by atoms with van der Waals surface area (Å²) in [6, 6.07) is 5.70. The van der Waals surface area contributed by atoms with Gasteiger partial charge in [-0.15, -0.1) is 0 Å². The lowest BCUT2D eigenvalue weighted by Crippen LogP contribution is -2.34. The average molecular weight is 357 g/mol. The molecule has 1 aliphatic rings. The van der Waals surface area contributed by atoms with Crippen LogP contribution in [0.3, 0.4) is 0 Å². The molecule has 0 unspecified atom stereocenters. The Hall–Kier alpha value is -2.77. The molecule has 3 rings (SSSR count). The van der Waals surface area contributed by atoms with Crippen molar-refractivity contribution in [1.82, 2.24) is 25.3 Å². The van der Waals surface area contributed by atoms with E-state index >= 15 is 0 Å². The van der Waals surface area contributed by atoms with E-state index in [9.17, 15) is 9.59 Å². The Kier molecular flexibility index (Phi) is 5.93. The van der Waals surface area contributed by atoms with Crippen LogP contribution in [0, 0.1) is 0 Å². The van der Waals surface area contributed by atoms with E-state index in [1.807, 2.05) is 6.07 Å².